The molecule has 10 heteroatoms. The zero-order valence-electron chi connectivity index (χ0n) is 13.6. The van der Waals surface area contributed by atoms with E-state index in [1.165, 1.54) is 29.5 Å². The fraction of sp³-hybridized carbons (Fsp3) is 0.333. The smallest absolute Gasteiger partial charge is 0.245 e. The van der Waals surface area contributed by atoms with Gasteiger partial charge in [-0.05, 0) is 24.1 Å². The van der Waals surface area contributed by atoms with E-state index in [0.717, 1.165) is 4.31 Å². The highest BCUT2D eigenvalue weighted by molar-refractivity contribution is 7.89. The lowest BCUT2D eigenvalue weighted by Crippen LogP contribution is -2.40. The summed E-state index contributed by atoms with van der Waals surface area (Å²) in [5.41, 5.74) is 0. The topological polar surface area (TPSA) is 79.4 Å². The summed E-state index contributed by atoms with van der Waals surface area (Å²) in [4.78, 5) is 16.1. The molecule has 1 N–H and O–H groups in total. The molecule has 136 valence electrons. The number of amides is 1. The molecule has 0 bridgehead atoms. The van der Waals surface area contributed by atoms with Crippen LogP contribution in [0, 0.1) is 5.92 Å². The van der Waals surface area contributed by atoms with Crippen LogP contribution in [-0.4, -0.2) is 36.7 Å². The number of carbonyl (C=O) groups excluding carboxylic acids is 1. The number of aromatic nitrogens is 1. The van der Waals surface area contributed by atoms with Crippen LogP contribution in [-0.2, 0) is 14.8 Å². The number of hydrogen-bond donors (Lipinski definition) is 1. The summed E-state index contributed by atoms with van der Waals surface area (Å²) >= 11 is 13.2. The van der Waals surface area contributed by atoms with Crippen molar-refractivity contribution in [2.24, 2.45) is 5.92 Å². The van der Waals surface area contributed by atoms with Gasteiger partial charge in [-0.25, -0.2) is 13.4 Å². The Bertz CT molecular complexity index is 840. The number of nitrogens with one attached hydrogen (secondary N) is 1. The molecular formula is C15H17Cl2N3O3S2. The summed E-state index contributed by atoms with van der Waals surface area (Å²) in [6.45, 7) is 3.54. The molecular weight excluding hydrogens is 405 g/mol. The van der Waals surface area contributed by atoms with Crippen LogP contribution in [0.5, 0.6) is 0 Å². The van der Waals surface area contributed by atoms with Crippen molar-refractivity contribution in [3.8, 4) is 0 Å². The van der Waals surface area contributed by atoms with Crippen LogP contribution < -0.4 is 5.32 Å². The van der Waals surface area contributed by atoms with Crippen LogP contribution in [0.3, 0.4) is 0 Å². The van der Waals surface area contributed by atoms with Crippen LogP contribution >= 0.6 is 34.5 Å². The first kappa shape index (κ1) is 20.1. The molecule has 0 saturated heterocycles. The average Bonchev–Trinajstić information content (AvgIpc) is 3.01. The fourth-order valence-electron chi connectivity index (χ4n) is 2.07. The monoisotopic (exact) mass is 421 g/mol. The minimum Gasteiger partial charge on any atom is -0.301 e. The predicted molar refractivity (Wildman–Crippen MR) is 101 cm³/mol. The lowest BCUT2D eigenvalue weighted by atomic mass is 10.2. The number of anilines is 1. The first-order chi connectivity index (χ1) is 11.7. The van der Waals surface area contributed by atoms with E-state index in [1.807, 2.05) is 13.8 Å². The number of rotatable bonds is 7. The first-order valence-electron chi connectivity index (χ1n) is 7.34. The van der Waals surface area contributed by atoms with E-state index >= 15 is 0 Å². The molecule has 1 heterocycles. The molecule has 0 unspecified atom stereocenters. The van der Waals surface area contributed by atoms with E-state index in [9.17, 15) is 13.2 Å². The quantitative estimate of drug-likeness (QED) is 0.738. The molecule has 0 saturated carbocycles. The van der Waals surface area contributed by atoms with Gasteiger partial charge in [-0.15, -0.1) is 11.3 Å². The number of nitrogens with zero attached hydrogens (tertiary/aromatic N) is 2. The zero-order chi connectivity index (χ0) is 18.6. The van der Waals surface area contributed by atoms with E-state index in [-0.39, 0.29) is 33.9 Å². The third-order valence-corrected chi connectivity index (χ3v) is 6.30. The summed E-state index contributed by atoms with van der Waals surface area (Å²) in [5, 5.41) is 5.00. The van der Waals surface area contributed by atoms with Gasteiger partial charge in [0, 0.05) is 23.1 Å². The van der Waals surface area contributed by atoms with E-state index < -0.39 is 15.9 Å². The van der Waals surface area contributed by atoms with Gasteiger partial charge in [0.15, 0.2) is 5.13 Å². The Morgan fingerprint density at radius 1 is 1.36 bits per heavy atom. The lowest BCUT2D eigenvalue weighted by Gasteiger charge is -2.24. The summed E-state index contributed by atoms with van der Waals surface area (Å²) in [6.07, 6.45) is 1.55. The number of carbonyl (C=O) groups is 1. The summed E-state index contributed by atoms with van der Waals surface area (Å²) in [5.74, 6) is -0.460. The van der Waals surface area contributed by atoms with Gasteiger partial charge in [-0.1, -0.05) is 37.0 Å². The van der Waals surface area contributed by atoms with Crippen molar-refractivity contribution < 1.29 is 13.2 Å². The molecule has 2 aromatic rings. The van der Waals surface area contributed by atoms with Crippen molar-refractivity contribution >= 4 is 55.6 Å². The molecule has 1 aromatic heterocycles. The zero-order valence-corrected chi connectivity index (χ0v) is 16.7. The molecule has 0 atom stereocenters. The van der Waals surface area contributed by atoms with Gasteiger partial charge in [0.25, 0.3) is 0 Å². The molecule has 0 aliphatic heterocycles. The van der Waals surface area contributed by atoms with Gasteiger partial charge in [0.1, 0.15) is 4.90 Å². The second kappa shape index (κ2) is 8.46. The fourth-order valence-corrected chi connectivity index (χ4v) is 4.92. The standard InChI is InChI=1S/C15H17Cl2N3O3S2/c1-10(2)8-20(9-14(21)19-15-18-5-6-24-15)25(22,23)13-7-11(16)3-4-12(13)17/h3-7,10H,8-9H2,1-2H3,(H,18,19,21). The maximum absolute atomic E-state index is 13.0. The van der Waals surface area contributed by atoms with Crippen molar-refractivity contribution in [3.63, 3.8) is 0 Å². The molecule has 1 amide bonds. The van der Waals surface area contributed by atoms with Crippen molar-refractivity contribution in [1.82, 2.24) is 9.29 Å². The van der Waals surface area contributed by atoms with Crippen LogP contribution in [0.2, 0.25) is 10.0 Å². The number of sulfonamides is 1. The van der Waals surface area contributed by atoms with Crippen molar-refractivity contribution in [2.45, 2.75) is 18.7 Å². The molecule has 6 nitrogen and oxygen atoms in total. The molecule has 0 aliphatic carbocycles. The van der Waals surface area contributed by atoms with Crippen LogP contribution in [0.25, 0.3) is 0 Å². The Labute approximate surface area is 160 Å². The van der Waals surface area contributed by atoms with E-state index in [4.69, 9.17) is 23.2 Å². The summed E-state index contributed by atoms with van der Waals surface area (Å²) < 4.78 is 27.0. The largest absolute Gasteiger partial charge is 0.301 e. The summed E-state index contributed by atoms with van der Waals surface area (Å²) in [7, 11) is -3.98. The van der Waals surface area contributed by atoms with Gasteiger partial charge in [-0.2, -0.15) is 4.31 Å². The Hall–Kier alpha value is -1.19. The van der Waals surface area contributed by atoms with Gasteiger partial charge >= 0.3 is 0 Å². The molecule has 0 radical (unpaired) electrons. The highest BCUT2D eigenvalue weighted by Crippen LogP contribution is 2.28. The van der Waals surface area contributed by atoms with E-state index in [1.54, 1.807) is 11.6 Å². The van der Waals surface area contributed by atoms with Crippen LogP contribution in [0.15, 0.2) is 34.7 Å². The molecule has 1 aromatic carbocycles. The van der Waals surface area contributed by atoms with Crippen molar-refractivity contribution in [1.29, 1.82) is 0 Å². The SMILES string of the molecule is CC(C)CN(CC(=O)Nc1nccs1)S(=O)(=O)c1cc(Cl)ccc1Cl. The third kappa shape index (κ3) is 5.39. The van der Waals surface area contributed by atoms with E-state index in [2.05, 4.69) is 10.3 Å². The van der Waals surface area contributed by atoms with Crippen molar-refractivity contribution in [3.05, 3.63) is 39.8 Å². The maximum Gasteiger partial charge on any atom is 0.245 e. The number of benzene rings is 1. The highest BCUT2D eigenvalue weighted by Gasteiger charge is 2.29. The minimum atomic E-state index is -3.98. The van der Waals surface area contributed by atoms with Gasteiger partial charge < -0.3 is 5.32 Å². The molecule has 0 aliphatic rings. The Kier molecular flexibility index (Phi) is 6.81. The van der Waals surface area contributed by atoms with Crippen LogP contribution in [0.4, 0.5) is 5.13 Å². The normalized spacial score (nSPS) is 11.9. The number of hydrogen-bond acceptors (Lipinski definition) is 5. The Morgan fingerprint density at radius 2 is 2.08 bits per heavy atom. The molecule has 0 spiro atoms. The molecule has 2 rings (SSSR count). The Balaban J connectivity index is 2.29. The minimum absolute atomic E-state index is 0.0143. The second-order valence-corrected chi connectivity index (χ2v) is 9.30. The molecule has 0 fully saturated rings. The third-order valence-electron chi connectivity index (χ3n) is 3.08. The number of halogens is 2. The molecule has 25 heavy (non-hydrogen) atoms. The van der Waals surface area contributed by atoms with Crippen molar-refractivity contribution in [2.75, 3.05) is 18.4 Å². The maximum atomic E-state index is 13.0. The second-order valence-electron chi connectivity index (χ2n) is 5.65. The van der Waals surface area contributed by atoms with E-state index in [0.29, 0.717) is 5.13 Å². The van der Waals surface area contributed by atoms with Gasteiger partial charge in [0.05, 0.1) is 11.6 Å². The van der Waals surface area contributed by atoms with Gasteiger partial charge in [-0.3, -0.25) is 4.79 Å². The number of thiazole rings is 1. The average molecular weight is 422 g/mol. The Morgan fingerprint density at radius 3 is 2.68 bits per heavy atom. The van der Waals surface area contributed by atoms with Crippen LogP contribution in [0.1, 0.15) is 13.8 Å². The highest BCUT2D eigenvalue weighted by atomic mass is 35.5. The predicted octanol–water partition coefficient (Wildman–Crippen LogP) is 3.74. The van der Waals surface area contributed by atoms with Gasteiger partial charge in [0.2, 0.25) is 15.9 Å². The lowest BCUT2D eigenvalue weighted by molar-refractivity contribution is -0.116. The first-order valence-corrected chi connectivity index (χ1v) is 10.4. The summed E-state index contributed by atoms with van der Waals surface area (Å²) in [6, 6.07) is 4.20.